The van der Waals surface area contributed by atoms with Crippen LogP contribution in [0.25, 0.3) is 0 Å². The lowest BCUT2D eigenvalue weighted by Gasteiger charge is -2.30. The van der Waals surface area contributed by atoms with Gasteiger partial charge in [0.15, 0.2) is 0 Å². The zero-order chi connectivity index (χ0) is 18.8. The summed E-state index contributed by atoms with van der Waals surface area (Å²) in [7, 11) is 3.90. The molecular formula is C18H29N3O3S. The lowest BCUT2D eigenvalue weighted by molar-refractivity contribution is -0.116. The third kappa shape index (κ3) is 5.44. The molecule has 0 unspecified atom stereocenters. The second kappa shape index (κ2) is 7.74. The predicted molar refractivity (Wildman–Crippen MR) is 101 cm³/mol. The summed E-state index contributed by atoms with van der Waals surface area (Å²) in [5.74, 6) is 0.0272. The molecule has 1 aliphatic heterocycles. The zero-order valence-corrected chi connectivity index (χ0v) is 16.9. The van der Waals surface area contributed by atoms with Crippen LogP contribution in [0.5, 0.6) is 0 Å². The van der Waals surface area contributed by atoms with Crippen molar-refractivity contribution in [2.75, 3.05) is 32.5 Å². The van der Waals surface area contributed by atoms with Crippen LogP contribution >= 0.6 is 11.3 Å². The second-order valence-corrected chi connectivity index (χ2v) is 8.82. The van der Waals surface area contributed by atoms with Gasteiger partial charge in [-0.3, -0.25) is 4.79 Å². The van der Waals surface area contributed by atoms with Gasteiger partial charge in [0, 0.05) is 24.4 Å². The van der Waals surface area contributed by atoms with E-state index in [1.54, 1.807) is 16.2 Å². The van der Waals surface area contributed by atoms with Crippen LogP contribution in [-0.2, 0) is 22.5 Å². The molecule has 2 heterocycles. The number of rotatable bonds is 4. The number of fused-ring (bicyclic) bond motifs is 1. The molecule has 0 atom stereocenters. The minimum atomic E-state index is -0.492. The normalized spacial score (nSPS) is 14.4. The van der Waals surface area contributed by atoms with Gasteiger partial charge in [-0.2, -0.15) is 0 Å². The molecule has 0 saturated carbocycles. The molecule has 0 bridgehead atoms. The fourth-order valence-electron chi connectivity index (χ4n) is 2.68. The molecule has 0 aromatic carbocycles. The number of carbonyl (C=O) groups excluding carboxylic acids is 2. The first-order valence-electron chi connectivity index (χ1n) is 8.60. The van der Waals surface area contributed by atoms with Crippen molar-refractivity contribution in [3.05, 3.63) is 16.0 Å². The number of ether oxygens (including phenoxy) is 1. The number of anilines is 1. The van der Waals surface area contributed by atoms with Crippen molar-refractivity contribution in [2.45, 2.75) is 52.7 Å². The topological polar surface area (TPSA) is 61.9 Å². The summed E-state index contributed by atoms with van der Waals surface area (Å²) in [6.45, 7) is 9.57. The highest BCUT2D eigenvalue weighted by molar-refractivity contribution is 7.16. The molecule has 2 rings (SSSR count). The number of hydrogen-bond acceptors (Lipinski definition) is 5. The largest absolute Gasteiger partial charge is 0.444 e. The van der Waals surface area contributed by atoms with Gasteiger partial charge in [0.05, 0.1) is 11.5 Å². The van der Waals surface area contributed by atoms with Crippen LogP contribution in [0, 0.1) is 6.92 Å². The maximum absolute atomic E-state index is 12.3. The summed E-state index contributed by atoms with van der Waals surface area (Å²) in [6.07, 6.45) is 0.990. The number of nitrogens with one attached hydrogen (secondary N) is 1. The smallest absolute Gasteiger partial charge is 0.410 e. The first kappa shape index (κ1) is 19.7. The van der Waals surface area contributed by atoms with Crippen LogP contribution in [-0.4, -0.2) is 54.6 Å². The van der Waals surface area contributed by atoms with E-state index in [-0.39, 0.29) is 12.0 Å². The number of carbonyl (C=O) groups is 2. The van der Waals surface area contributed by atoms with Gasteiger partial charge < -0.3 is 19.9 Å². The minimum absolute atomic E-state index is 0.0272. The molecule has 25 heavy (non-hydrogen) atoms. The third-order valence-corrected chi connectivity index (χ3v) is 5.25. The van der Waals surface area contributed by atoms with E-state index < -0.39 is 5.60 Å². The molecule has 1 aromatic heterocycles. The molecule has 2 amide bonds. The van der Waals surface area contributed by atoms with Crippen LogP contribution in [0.4, 0.5) is 9.80 Å². The van der Waals surface area contributed by atoms with Crippen LogP contribution in [0.1, 0.15) is 43.2 Å². The van der Waals surface area contributed by atoms with E-state index in [1.807, 2.05) is 46.7 Å². The van der Waals surface area contributed by atoms with Gasteiger partial charge in [-0.15, -0.1) is 11.3 Å². The first-order valence-corrected chi connectivity index (χ1v) is 9.42. The van der Waals surface area contributed by atoms with Crippen LogP contribution < -0.4 is 5.32 Å². The highest BCUT2D eigenvalue weighted by atomic mass is 32.1. The fraction of sp³-hybridized carbons (Fsp3) is 0.667. The van der Waals surface area contributed by atoms with Crippen molar-refractivity contribution < 1.29 is 14.3 Å². The van der Waals surface area contributed by atoms with E-state index in [9.17, 15) is 9.59 Å². The molecule has 1 N–H and O–H groups in total. The molecule has 140 valence electrons. The first-order chi connectivity index (χ1) is 11.6. The summed E-state index contributed by atoms with van der Waals surface area (Å²) in [4.78, 5) is 29.2. The lowest BCUT2D eigenvalue weighted by atomic mass is 10.0. The summed E-state index contributed by atoms with van der Waals surface area (Å²) < 4.78 is 5.47. The highest BCUT2D eigenvalue weighted by Crippen LogP contribution is 2.36. The number of hydrogen-bond donors (Lipinski definition) is 1. The van der Waals surface area contributed by atoms with Crippen molar-refractivity contribution in [3.8, 4) is 0 Å². The van der Waals surface area contributed by atoms with E-state index in [0.717, 1.165) is 28.4 Å². The molecule has 0 saturated heterocycles. The van der Waals surface area contributed by atoms with Crippen LogP contribution in [0.15, 0.2) is 0 Å². The fourth-order valence-corrected chi connectivity index (χ4v) is 3.96. The quantitative estimate of drug-likeness (QED) is 0.887. The summed E-state index contributed by atoms with van der Waals surface area (Å²) in [6, 6.07) is 0. The maximum atomic E-state index is 12.3. The molecule has 0 aliphatic carbocycles. The highest BCUT2D eigenvalue weighted by Gasteiger charge is 2.28. The molecule has 0 spiro atoms. The van der Waals surface area contributed by atoms with E-state index in [0.29, 0.717) is 19.5 Å². The number of amides is 2. The van der Waals surface area contributed by atoms with Crippen molar-refractivity contribution in [1.82, 2.24) is 9.80 Å². The Hall–Kier alpha value is -1.60. The number of nitrogens with zero attached hydrogens (tertiary/aromatic N) is 2. The average Bonchev–Trinajstić information content (AvgIpc) is 2.79. The monoisotopic (exact) mass is 367 g/mol. The van der Waals surface area contributed by atoms with Crippen LogP contribution in [0.3, 0.4) is 0 Å². The summed E-state index contributed by atoms with van der Waals surface area (Å²) in [5, 5.41) is 3.93. The van der Waals surface area contributed by atoms with Crippen molar-refractivity contribution >= 4 is 28.3 Å². The number of thiophene rings is 1. The van der Waals surface area contributed by atoms with E-state index in [2.05, 4.69) is 5.32 Å². The molecule has 1 aliphatic rings. The van der Waals surface area contributed by atoms with Gasteiger partial charge in [0.2, 0.25) is 5.91 Å². The molecule has 6 nitrogen and oxygen atoms in total. The molecule has 0 radical (unpaired) electrons. The van der Waals surface area contributed by atoms with Gasteiger partial charge in [0.1, 0.15) is 5.60 Å². The lowest BCUT2D eigenvalue weighted by Crippen LogP contribution is -2.39. The summed E-state index contributed by atoms with van der Waals surface area (Å²) in [5.41, 5.74) is 1.89. The van der Waals surface area contributed by atoms with Gasteiger partial charge in [-0.25, -0.2) is 4.79 Å². The minimum Gasteiger partial charge on any atom is -0.444 e. The molecule has 7 heteroatoms. The Morgan fingerprint density at radius 2 is 2.00 bits per heavy atom. The SMILES string of the molecule is Cc1c(NC(=O)CCN(C)C)sc2c1CCN(C(=O)OC(C)(C)C)C2. The van der Waals surface area contributed by atoms with Crippen LogP contribution in [0.2, 0.25) is 0 Å². The van der Waals surface area contributed by atoms with Gasteiger partial charge in [0.25, 0.3) is 0 Å². The third-order valence-electron chi connectivity index (χ3n) is 4.01. The molecule has 1 aromatic rings. The average molecular weight is 368 g/mol. The van der Waals surface area contributed by atoms with E-state index >= 15 is 0 Å². The van der Waals surface area contributed by atoms with Crippen molar-refractivity contribution in [3.63, 3.8) is 0 Å². The Bertz CT molecular complexity index is 647. The van der Waals surface area contributed by atoms with E-state index in [4.69, 9.17) is 4.74 Å². The Morgan fingerprint density at radius 1 is 1.32 bits per heavy atom. The summed E-state index contributed by atoms with van der Waals surface area (Å²) >= 11 is 1.57. The second-order valence-electron chi connectivity index (χ2n) is 7.71. The predicted octanol–water partition coefficient (Wildman–Crippen LogP) is 3.24. The van der Waals surface area contributed by atoms with Gasteiger partial charge >= 0.3 is 6.09 Å². The molecule has 0 fully saturated rings. The Labute approximate surface area is 154 Å². The van der Waals surface area contributed by atoms with E-state index in [1.165, 1.54) is 5.56 Å². The Morgan fingerprint density at radius 3 is 2.60 bits per heavy atom. The molecular weight excluding hydrogens is 338 g/mol. The van der Waals surface area contributed by atoms with Crippen molar-refractivity contribution in [1.29, 1.82) is 0 Å². The standard InChI is InChI=1S/C18H29N3O3S/c1-12-13-7-10-21(17(23)24-18(2,3)4)11-14(13)25-16(12)19-15(22)8-9-20(5)6/h7-11H2,1-6H3,(H,19,22). The van der Waals surface area contributed by atoms with Gasteiger partial charge in [-0.05, 0) is 59.3 Å². The maximum Gasteiger partial charge on any atom is 0.410 e. The van der Waals surface area contributed by atoms with Gasteiger partial charge in [-0.1, -0.05) is 0 Å². The van der Waals surface area contributed by atoms with Crippen molar-refractivity contribution in [2.24, 2.45) is 0 Å². The Balaban J connectivity index is 2.04. The Kier molecular flexibility index (Phi) is 6.11. The zero-order valence-electron chi connectivity index (χ0n) is 16.1.